The molecule has 0 atom stereocenters. The van der Waals surface area contributed by atoms with E-state index in [9.17, 15) is 19.2 Å². The Hall–Kier alpha value is -3.30. The van der Waals surface area contributed by atoms with Crippen molar-refractivity contribution in [3.05, 3.63) is 35.9 Å². The molecule has 0 unspecified atom stereocenters. The first-order chi connectivity index (χ1) is 19.1. The number of hydrogen-bond acceptors (Lipinski definition) is 6. The molecule has 1 aromatic carbocycles. The van der Waals surface area contributed by atoms with Crippen LogP contribution in [0, 0.1) is 11.8 Å². The maximum Gasteiger partial charge on any atom is 0.410 e. The van der Waals surface area contributed by atoms with Crippen LogP contribution in [0.5, 0.6) is 0 Å². The number of amides is 3. The van der Waals surface area contributed by atoms with Gasteiger partial charge in [-0.25, -0.2) is 9.59 Å². The molecule has 1 aromatic rings. The Morgan fingerprint density at radius 2 is 1.17 bits per heavy atom. The highest BCUT2D eigenvalue weighted by atomic mass is 16.6. The highest BCUT2D eigenvalue weighted by molar-refractivity contribution is 5.76. The molecule has 2 N–H and O–H groups in total. The average Bonchev–Trinajstić information content (AvgIpc) is 2.87. The molecule has 2 fully saturated rings. The minimum atomic E-state index is -0.763. The van der Waals surface area contributed by atoms with Crippen LogP contribution in [0.15, 0.2) is 30.3 Å². The third kappa shape index (κ3) is 14.2. The van der Waals surface area contributed by atoms with Gasteiger partial charge in [-0.3, -0.25) is 9.59 Å². The second kappa shape index (κ2) is 15.6. The van der Waals surface area contributed by atoms with Crippen LogP contribution in [0.3, 0.4) is 0 Å². The van der Waals surface area contributed by atoms with Crippen LogP contribution >= 0.6 is 0 Å². The molecule has 230 valence electrons. The lowest BCUT2D eigenvalue weighted by molar-refractivity contribution is -0.138. The number of piperidine rings is 2. The minimum absolute atomic E-state index is 0.0783. The van der Waals surface area contributed by atoms with Crippen LogP contribution in [0.25, 0.3) is 0 Å². The van der Waals surface area contributed by atoms with Crippen LogP contribution in [-0.4, -0.2) is 76.4 Å². The Balaban J connectivity index is 0.000000305. The van der Waals surface area contributed by atoms with Gasteiger partial charge < -0.3 is 29.7 Å². The summed E-state index contributed by atoms with van der Waals surface area (Å²) in [4.78, 5) is 49.8. The van der Waals surface area contributed by atoms with E-state index in [1.807, 2.05) is 71.9 Å². The molecule has 0 aromatic heterocycles. The van der Waals surface area contributed by atoms with Crippen LogP contribution in [0.1, 0.15) is 85.6 Å². The number of ether oxygens (including phenoxy) is 2. The third-order valence-corrected chi connectivity index (χ3v) is 6.80. The van der Waals surface area contributed by atoms with E-state index >= 15 is 0 Å². The van der Waals surface area contributed by atoms with Gasteiger partial charge in [-0.2, -0.15) is 0 Å². The van der Waals surface area contributed by atoms with Gasteiger partial charge >= 0.3 is 18.2 Å². The number of benzene rings is 1. The van der Waals surface area contributed by atoms with Crippen LogP contribution in [-0.2, 0) is 25.6 Å². The molecule has 0 spiro atoms. The summed E-state index contributed by atoms with van der Waals surface area (Å²) in [6.07, 6.45) is 3.34. The van der Waals surface area contributed by atoms with Gasteiger partial charge in [0.15, 0.2) is 0 Å². The molecule has 3 rings (SSSR count). The zero-order valence-corrected chi connectivity index (χ0v) is 25.6. The van der Waals surface area contributed by atoms with E-state index < -0.39 is 17.2 Å². The monoisotopic (exact) mass is 575 g/mol. The van der Waals surface area contributed by atoms with Gasteiger partial charge in [-0.05, 0) is 84.6 Å². The van der Waals surface area contributed by atoms with E-state index in [-0.39, 0.29) is 30.4 Å². The van der Waals surface area contributed by atoms with Crippen molar-refractivity contribution in [2.24, 2.45) is 11.8 Å². The summed E-state index contributed by atoms with van der Waals surface area (Å²) >= 11 is 0. The molecule has 10 heteroatoms. The van der Waals surface area contributed by atoms with Crippen molar-refractivity contribution in [2.75, 3.05) is 26.2 Å². The van der Waals surface area contributed by atoms with Gasteiger partial charge in [0.1, 0.15) is 11.2 Å². The second-order valence-electron chi connectivity index (χ2n) is 12.9. The fraction of sp³-hybridized carbons (Fsp3) is 0.677. The fourth-order valence-corrected chi connectivity index (χ4v) is 4.67. The molecule has 10 nitrogen and oxygen atoms in total. The molecular formula is C31H49N3O7. The first kappa shape index (κ1) is 33.9. The minimum Gasteiger partial charge on any atom is -0.481 e. The van der Waals surface area contributed by atoms with E-state index in [0.717, 1.165) is 31.2 Å². The first-order valence-electron chi connectivity index (χ1n) is 14.6. The second-order valence-corrected chi connectivity index (χ2v) is 12.9. The molecule has 2 heterocycles. The van der Waals surface area contributed by atoms with E-state index in [0.29, 0.717) is 45.1 Å². The standard InChI is InChI=1S/C19H28N2O3.C12H21NO4/c1-19(2,3)24-18(23)21-11-9-15(10-12-21)13-17(22)20-14-16-7-5-4-6-8-16;1-12(2,3)17-11(16)13-6-4-9(5-7-13)8-10(14)15/h4-8,15H,9-14H2,1-3H3,(H,20,22);9H,4-8H2,1-3H3,(H,14,15). The number of rotatable bonds is 6. The van der Waals surface area contributed by atoms with Crippen LogP contribution in [0.2, 0.25) is 0 Å². The predicted octanol–water partition coefficient (Wildman–Crippen LogP) is 5.45. The number of aliphatic carboxylic acids is 1. The lowest BCUT2D eigenvalue weighted by Crippen LogP contribution is -2.42. The lowest BCUT2D eigenvalue weighted by Gasteiger charge is -2.33. The Morgan fingerprint density at radius 3 is 1.56 bits per heavy atom. The third-order valence-electron chi connectivity index (χ3n) is 6.80. The largest absolute Gasteiger partial charge is 0.481 e. The average molecular weight is 576 g/mol. The van der Waals surface area contributed by atoms with E-state index in [1.165, 1.54) is 0 Å². The van der Waals surface area contributed by atoms with Gasteiger partial charge in [-0.15, -0.1) is 0 Å². The highest BCUT2D eigenvalue weighted by Gasteiger charge is 2.29. The number of nitrogens with zero attached hydrogens (tertiary/aromatic N) is 2. The van der Waals surface area contributed by atoms with Gasteiger partial charge in [0.2, 0.25) is 5.91 Å². The summed E-state index contributed by atoms with van der Waals surface area (Å²) in [5.74, 6) is -0.166. The Labute approximate surface area is 244 Å². The van der Waals surface area contributed by atoms with Gasteiger partial charge in [0.05, 0.1) is 0 Å². The zero-order chi connectivity index (χ0) is 30.6. The smallest absolute Gasteiger partial charge is 0.410 e. The van der Waals surface area contributed by atoms with Crippen molar-refractivity contribution < 1.29 is 33.8 Å². The fourth-order valence-electron chi connectivity index (χ4n) is 4.67. The van der Waals surface area contributed by atoms with Crippen LogP contribution < -0.4 is 5.32 Å². The summed E-state index contributed by atoms with van der Waals surface area (Å²) in [5, 5.41) is 11.7. The molecule has 0 bridgehead atoms. The molecule has 0 saturated carbocycles. The van der Waals surface area contributed by atoms with Crippen LogP contribution in [0.4, 0.5) is 9.59 Å². The Kier molecular flexibility index (Phi) is 12.9. The van der Waals surface area contributed by atoms with Crippen molar-refractivity contribution in [3.8, 4) is 0 Å². The number of carboxylic acids is 1. The van der Waals surface area contributed by atoms with Gasteiger partial charge in [0.25, 0.3) is 0 Å². The molecule has 2 aliphatic rings. The number of carbonyl (C=O) groups excluding carboxylic acids is 3. The lowest BCUT2D eigenvalue weighted by atomic mass is 9.93. The van der Waals surface area contributed by atoms with Gasteiger partial charge in [0, 0.05) is 45.6 Å². The maximum atomic E-state index is 12.1. The van der Waals surface area contributed by atoms with Crippen molar-refractivity contribution >= 4 is 24.1 Å². The molecule has 0 aliphatic carbocycles. The van der Waals surface area contributed by atoms with Crippen molar-refractivity contribution in [1.29, 1.82) is 0 Å². The quantitative estimate of drug-likeness (QED) is 0.462. The predicted molar refractivity (Wildman–Crippen MR) is 156 cm³/mol. The summed E-state index contributed by atoms with van der Waals surface area (Å²) < 4.78 is 10.7. The van der Waals surface area contributed by atoms with Crippen molar-refractivity contribution in [3.63, 3.8) is 0 Å². The van der Waals surface area contributed by atoms with E-state index in [1.54, 1.807) is 9.80 Å². The number of nitrogens with one attached hydrogen (secondary N) is 1. The molecule has 2 aliphatic heterocycles. The summed E-state index contributed by atoms with van der Waals surface area (Å²) in [6.45, 7) is 14.2. The van der Waals surface area contributed by atoms with Crippen molar-refractivity contribution in [2.45, 2.75) is 97.8 Å². The molecular weight excluding hydrogens is 526 g/mol. The Morgan fingerprint density at radius 1 is 0.756 bits per heavy atom. The normalized spacial score (nSPS) is 16.7. The number of carbonyl (C=O) groups is 4. The number of likely N-dealkylation sites (tertiary alicyclic amines) is 2. The molecule has 3 amide bonds. The highest BCUT2D eigenvalue weighted by Crippen LogP contribution is 2.23. The van der Waals surface area contributed by atoms with E-state index in [2.05, 4.69) is 5.32 Å². The first-order valence-corrected chi connectivity index (χ1v) is 14.6. The summed E-state index contributed by atoms with van der Waals surface area (Å²) in [6, 6.07) is 9.89. The zero-order valence-electron chi connectivity index (χ0n) is 25.6. The molecule has 2 saturated heterocycles. The number of hydrogen-bond donors (Lipinski definition) is 2. The molecule has 41 heavy (non-hydrogen) atoms. The maximum absolute atomic E-state index is 12.1. The Bertz CT molecular complexity index is 985. The molecule has 0 radical (unpaired) electrons. The topological polar surface area (TPSA) is 125 Å². The number of carboxylic acid groups (broad SMARTS) is 1. The summed E-state index contributed by atoms with van der Waals surface area (Å²) in [7, 11) is 0. The SMILES string of the molecule is CC(C)(C)OC(=O)N1CCC(CC(=O)NCc2ccccc2)CC1.CC(C)(C)OC(=O)N1CCC(CC(=O)O)CC1. The van der Waals surface area contributed by atoms with Crippen molar-refractivity contribution in [1.82, 2.24) is 15.1 Å². The summed E-state index contributed by atoms with van der Waals surface area (Å²) in [5.41, 5.74) is 0.158. The van der Waals surface area contributed by atoms with Gasteiger partial charge in [-0.1, -0.05) is 30.3 Å². The van der Waals surface area contributed by atoms with E-state index in [4.69, 9.17) is 14.6 Å².